The lowest BCUT2D eigenvalue weighted by atomic mass is 9.80. The van der Waals surface area contributed by atoms with Gasteiger partial charge in [-0.1, -0.05) is 26.5 Å². The van der Waals surface area contributed by atoms with E-state index in [4.69, 9.17) is 0 Å². The van der Waals surface area contributed by atoms with Crippen molar-refractivity contribution in [3.8, 4) is 0 Å². The molecule has 0 saturated carbocycles. The molecule has 102 valence electrons. The van der Waals surface area contributed by atoms with Crippen molar-refractivity contribution < 1.29 is 15.0 Å². The monoisotopic (exact) mass is 252 g/mol. The molecule has 0 aromatic heterocycles. The molecule has 1 aliphatic rings. The first-order valence-corrected chi connectivity index (χ1v) is 6.65. The molecule has 1 unspecified atom stereocenters. The second kappa shape index (κ2) is 6.86. The van der Waals surface area contributed by atoms with Crippen LogP contribution in [0.5, 0.6) is 0 Å². The number of aldehydes is 1. The molecular formula is C15H24O3. The zero-order chi connectivity index (χ0) is 13.7. The Labute approximate surface area is 109 Å². The van der Waals surface area contributed by atoms with Crippen molar-refractivity contribution in [3.05, 3.63) is 23.8 Å². The van der Waals surface area contributed by atoms with Gasteiger partial charge in [-0.05, 0) is 48.7 Å². The van der Waals surface area contributed by atoms with E-state index in [1.165, 1.54) is 0 Å². The van der Waals surface area contributed by atoms with Gasteiger partial charge in [0.2, 0.25) is 0 Å². The average molecular weight is 252 g/mol. The summed E-state index contributed by atoms with van der Waals surface area (Å²) in [7, 11) is 0. The zero-order valence-corrected chi connectivity index (χ0v) is 11.3. The number of aliphatic hydroxyl groups excluding tert-OH is 2. The van der Waals surface area contributed by atoms with Crippen LogP contribution in [-0.2, 0) is 4.79 Å². The minimum Gasteiger partial charge on any atom is -0.390 e. The quantitative estimate of drug-likeness (QED) is 0.585. The molecule has 0 aliphatic heterocycles. The molecule has 0 fully saturated rings. The van der Waals surface area contributed by atoms with E-state index in [0.717, 1.165) is 11.9 Å². The first-order valence-electron chi connectivity index (χ1n) is 6.65. The summed E-state index contributed by atoms with van der Waals surface area (Å²) in [5.74, 6) is 0.243. The van der Waals surface area contributed by atoms with Crippen LogP contribution < -0.4 is 0 Å². The van der Waals surface area contributed by atoms with Gasteiger partial charge >= 0.3 is 0 Å². The third-order valence-electron chi connectivity index (χ3n) is 3.83. The van der Waals surface area contributed by atoms with Crippen LogP contribution in [0, 0.1) is 11.8 Å². The van der Waals surface area contributed by atoms with E-state index in [0.29, 0.717) is 31.3 Å². The molecule has 18 heavy (non-hydrogen) atoms. The summed E-state index contributed by atoms with van der Waals surface area (Å²) in [5.41, 5.74) is 1.44. The molecule has 2 N–H and O–H groups in total. The predicted octanol–water partition coefficient (Wildman–Crippen LogP) is 2.24. The van der Waals surface area contributed by atoms with Gasteiger partial charge in [-0.15, -0.1) is 0 Å². The normalized spacial score (nSPS) is 33.9. The maximum atomic E-state index is 10.9. The largest absolute Gasteiger partial charge is 0.390 e. The number of hydrogen-bond donors (Lipinski definition) is 2. The highest BCUT2D eigenvalue weighted by Gasteiger charge is 2.30. The van der Waals surface area contributed by atoms with E-state index < -0.39 is 12.2 Å². The third kappa shape index (κ3) is 3.79. The molecule has 0 amide bonds. The van der Waals surface area contributed by atoms with Gasteiger partial charge in [0.1, 0.15) is 12.4 Å². The van der Waals surface area contributed by atoms with E-state index in [2.05, 4.69) is 6.58 Å². The van der Waals surface area contributed by atoms with Crippen LogP contribution in [0.4, 0.5) is 0 Å². The second-order valence-corrected chi connectivity index (χ2v) is 5.48. The summed E-state index contributed by atoms with van der Waals surface area (Å²) in [6, 6.07) is 0. The molecule has 0 aromatic rings. The Morgan fingerprint density at radius 1 is 1.39 bits per heavy atom. The van der Waals surface area contributed by atoms with Gasteiger partial charge in [-0.3, -0.25) is 4.79 Å². The SMILES string of the molecule is C=C1CC/C=C(/C=O)CCC(C(C)C)[C@@H](O)[C@@H]1O. The highest BCUT2D eigenvalue weighted by molar-refractivity contribution is 5.72. The molecule has 0 spiro atoms. The van der Waals surface area contributed by atoms with Crippen molar-refractivity contribution in [1.29, 1.82) is 0 Å². The number of carbonyl (C=O) groups is 1. The molecule has 0 bridgehead atoms. The molecule has 0 aromatic carbocycles. The molecule has 3 atom stereocenters. The van der Waals surface area contributed by atoms with Gasteiger partial charge in [0, 0.05) is 0 Å². The van der Waals surface area contributed by atoms with E-state index in [1.807, 2.05) is 19.9 Å². The van der Waals surface area contributed by atoms with Gasteiger partial charge < -0.3 is 10.2 Å². The van der Waals surface area contributed by atoms with E-state index in [9.17, 15) is 15.0 Å². The Hall–Kier alpha value is -0.930. The van der Waals surface area contributed by atoms with E-state index in [-0.39, 0.29) is 11.8 Å². The van der Waals surface area contributed by atoms with Crippen molar-refractivity contribution in [2.24, 2.45) is 11.8 Å². The Morgan fingerprint density at radius 3 is 2.61 bits per heavy atom. The molecule has 1 aliphatic carbocycles. The third-order valence-corrected chi connectivity index (χ3v) is 3.83. The van der Waals surface area contributed by atoms with E-state index in [1.54, 1.807) is 0 Å². The zero-order valence-electron chi connectivity index (χ0n) is 11.3. The standard InChI is InChI=1S/C15H24O3/c1-10(2)13-8-7-12(9-16)6-4-5-11(3)14(17)15(13)18/h6,9-10,13-15,17-18H,3-5,7-8H2,1-2H3/b12-6+/t13?,14-,15-/m1/s1. The second-order valence-electron chi connectivity index (χ2n) is 5.48. The van der Waals surface area contributed by atoms with Crippen molar-refractivity contribution in [3.63, 3.8) is 0 Å². The Kier molecular flexibility index (Phi) is 5.76. The minimum atomic E-state index is -0.858. The summed E-state index contributed by atoms with van der Waals surface area (Å²) in [6.45, 7) is 7.89. The molecule has 3 heteroatoms. The topological polar surface area (TPSA) is 57.5 Å². The predicted molar refractivity (Wildman–Crippen MR) is 72.1 cm³/mol. The fourth-order valence-corrected chi connectivity index (χ4v) is 2.51. The van der Waals surface area contributed by atoms with Gasteiger partial charge in [0.05, 0.1) is 6.10 Å². The Bertz CT molecular complexity index is 331. The van der Waals surface area contributed by atoms with E-state index >= 15 is 0 Å². The summed E-state index contributed by atoms with van der Waals surface area (Å²) in [5, 5.41) is 20.3. The minimum absolute atomic E-state index is 0.0156. The summed E-state index contributed by atoms with van der Waals surface area (Å²) < 4.78 is 0. The van der Waals surface area contributed by atoms with Crippen LogP contribution >= 0.6 is 0 Å². The fourth-order valence-electron chi connectivity index (χ4n) is 2.51. The van der Waals surface area contributed by atoms with Crippen LogP contribution in [0.1, 0.15) is 39.5 Å². The molecular weight excluding hydrogens is 228 g/mol. The first-order chi connectivity index (χ1) is 8.47. The lowest BCUT2D eigenvalue weighted by Crippen LogP contribution is -2.37. The van der Waals surface area contributed by atoms with Crippen LogP contribution in [0.3, 0.4) is 0 Å². The van der Waals surface area contributed by atoms with Gasteiger partial charge in [-0.25, -0.2) is 0 Å². The van der Waals surface area contributed by atoms with Crippen molar-refractivity contribution in [2.45, 2.75) is 51.7 Å². The average Bonchev–Trinajstić information content (AvgIpc) is 2.34. The number of carbonyl (C=O) groups excluding carboxylic acids is 1. The Morgan fingerprint density at radius 2 is 2.06 bits per heavy atom. The van der Waals surface area contributed by atoms with Crippen LogP contribution in [0.25, 0.3) is 0 Å². The molecule has 3 nitrogen and oxygen atoms in total. The first kappa shape index (κ1) is 15.1. The summed E-state index contributed by atoms with van der Waals surface area (Å²) >= 11 is 0. The number of rotatable bonds is 2. The number of allylic oxidation sites excluding steroid dienone is 2. The van der Waals surface area contributed by atoms with Crippen LogP contribution in [0.15, 0.2) is 23.8 Å². The fraction of sp³-hybridized carbons (Fsp3) is 0.667. The van der Waals surface area contributed by atoms with Crippen molar-refractivity contribution >= 4 is 6.29 Å². The molecule has 0 saturated heterocycles. The van der Waals surface area contributed by atoms with Gasteiger partial charge in [-0.2, -0.15) is 0 Å². The van der Waals surface area contributed by atoms with Crippen LogP contribution in [0.2, 0.25) is 0 Å². The van der Waals surface area contributed by atoms with Crippen LogP contribution in [-0.4, -0.2) is 28.7 Å². The lowest BCUT2D eigenvalue weighted by Gasteiger charge is -2.31. The molecule has 0 heterocycles. The molecule has 1 rings (SSSR count). The highest BCUT2D eigenvalue weighted by atomic mass is 16.3. The van der Waals surface area contributed by atoms with Gasteiger partial charge in [0.25, 0.3) is 0 Å². The number of aliphatic hydroxyl groups is 2. The van der Waals surface area contributed by atoms with Gasteiger partial charge in [0.15, 0.2) is 0 Å². The van der Waals surface area contributed by atoms with Crippen molar-refractivity contribution in [1.82, 2.24) is 0 Å². The number of hydrogen-bond acceptors (Lipinski definition) is 3. The smallest absolute Gasteiger partial charge is 0.145 e. The highest BCUT2D eigenvalue weighted by Crippen LogP contribution is 2.29. The summed E-state index contributed by atoms with van der Waals surface area (Å²) in [6.07, 6.45) is 3.86. The lowest BCUT2D eigenvalue weighted by molar-refractivity contribution is -0.105. The Balaban J connectivity index is 2.92. The van der Waals surface area contributed by atoms with Crippen molar-refractivity contribution in [2.75, 3.05) is 0 Å². The maximum absolute atomic E-state index is 10.9. The molecule has 0 radical (unpaired) electrons. The summed E-state index contributed by atoms with van der Waals surface area (Å²) in [4.78, 5) is 10.9. The maximum Gasteiger partial charge on any atom is 0.145 e.